The van der Waals surface area contributed by atoms with Gasteiger partial charge < -0.3 is 0 Å². The standard InChI is InChI=1S/C8H10NS/c1-2-7-10-8-3-5-9-6-4-8/h3-6H,1-2,7H2. The van der Waals surface area contributed by atoms with Crippen molar-refractivity contribution < 1.29 is 0 Å². The Kier molecular flexibility index (Phi) is 3.30. The van der Waals surface area contributed by atoms with Crippen LogP contribution >= 0.6 is 11.8 Å². The number of pyridine rings is 1. The van der Waals surface area contributed by atoms with E-state index in [2.05, 4.69) is 11.9 Å². The van der Waals surface area contributed by atoms with Crippen molar-refractivity contribution in [2.75, 3.05) is 5.75 Å². The van der Waals surface area contributed by atoms with Gasteiger partial charge in [-0.25, -0.2) is 0 Å². The van der Waals surface area contributed by atoms with Gasteiger partial charge in [0.05, 0.1) is 0 Å². The van der Waals surface area contributed by atoms with Crippen molar-refractivity contribution in [2.24, 2.45) is 0 Å². The molecule has 0 unspecified atom stereocenters. The van der Waals surface area contributed by atoms with Gasteiger partial charge in [-0.15, -0.1) is 11.8 Å². The Morgan fingerprint density at radius 3 is 2.70 bits per heavy atom. The first-order valence-electron chi connectivity index (χ1n) is 3.25. The number of rotatable bonds is 3. The van der Waals surface area contributed by atoms with Gasteiger partial charge in [-0.05, 0) is 24.3 Å². The minimum atomic E-state index is 0.979. The van der Waals surface area contributed by atoms with Gasteiger partial charge in [-0.1, -0.05) is 6.92 Å². The molecule has 0 saturated carbocycles. The molecule has 0 spiro atoms. The molecule has 10 heavy (non-hydrogen) atoms. The molecule has 1 radical (unpaired) electrons. The van der Waals surface area contributed by atoms with Gasteiger partial charge >= 0.3 is 0 Å². The normalized spacial score (nSPS) is 9.70. The lowest BCUT2D eigenvalue weighted by Crippen LogP contribution is -1.75. The van der Waals surface area contributed by atoms with Crippen molar-refractivity contribution in [1.82, 2.24) is 4.98 Å². The third kappa shape index (κ3) is 2.40. The summed E-state index contributed by atoms with van der Waals surface area (Å²) in [5.41, 5.74) is 0. The quantitative estimate of drug-likeness (QED) is 0.617. The molecule has 0 atom stereocenters. The zero-order valence-corrected chi connectivity index (χ0v) is 6.60. The number of thioether (sulfide) groups is 1. The fourth-order valence-corrected chi connectivity index (χ4v) is 1.32. The van der Waals surface area contributed by atoms with Crippen LogP contribution in [-0.4, -0.2) is 10.7 Å². The molecule has 0 fully saturated rings. The van der Waals surface area contributed by atoms with Crippen molar-refractivity contribution in [3.05, 3.63) is 31.5 Å². The predicted molar refractivity (Wildman–Crippen MR) is 44.9 cm³/mol. The second-order valence-electron chi connectivity index (χ2n) is 1.88. The van der Waals surface area contributed by atoms with Crippen LogP contribution in [0.15, 0.2) is 29.4 Å². The lowest BCUT2D eigenvalue weighted by molar-refractivity contribution is 1.22. The molecular formula is C8H10NS. The van der Waals surface area contributed by atoms with E-state index in [1.54, 1.807) is 0 Å². The van der Waals surface area contributed by atoms with E-state index in [0.717, 1.165) is 12.2 Å². The average Bonchev–Trinajstić information content (AvgIpc) is 2.03. The zero-order valence-electron chi connectivity index (χ0n) is 5.79. The van der Waals surface area contributed by atoms with Gasteiger partial charge in [0.25, 0.3) is 0 Å². The Labute approximate surface area is 65.9 Å². The number of hydrogen-bond donors (Lipinski definition) is 0. The molecule has 1 aromatic rings. The monoisotopic (exact) mass is 152 g/mol. The summed E-state index contributed by atoms with van der Waals surface area (Å²) in [7, 11) is 0. The van der Waals surface area contributed by atoms with E-state index >= 15 is 0 Å². The zero-order chi connectivity index (χ0) is 7.23. The van der Waals surface area contributed by atoms with Gasteiger partial charge in [0, 0.05) is 17.3 Å². The van der Waals surface area contributed by atoms with Crippen molar-refractivity contribution in [3.8, 4) is 0 Å². The summed E-state index contributed by atoms with van der Waals surface area (Å²) < 4.78 is 0. The summed E-state index contributed by atoms with van der Waals surface area (Å²) in [4.78, 5) is 5.20. The first kappa shape index (κ1) is 7.61. The Bertz CT molecular complexity index is 174. The van der Waals surface area contributed by atoms with E-state index in [0.29, 0.717) is 0 Å². The molecule has 2 heteroatoms. The highest BCUT2D eigenvalue weighted by atomic mass is 32.2. The highest BCUT2D eigenvalue weighted by Crippen LogP contribution is 2.16. The summed E-state index contributed by atoms with van der Waals surface area (Å²) in [5.74, 6) is 1.09. The van der Waals surface area contributed by atoms with E-state index in [-0.39, 0.29) is 0 Å². The average molecular weight is 152 g/mol. The Morgan fingerprint density at radius 1 is 1.40 bits per heavy atom. The van der Waals surface area contributed by atoms with Gasteiger partial charge in [-0.2, -0.15) is 0 Å². The maximum atomic E-state index is 3.92. The molecule has 1 aromatic heterocycles. The Balaban J connectivity index is 2.43. The number of aromatic nitrogens is 1. The van der Waals surface area contributed by atoms with Gasteiger partial charge in [-0.3, -0.25) is 4.98 Å². The first-order valence-corrected chi connectivity index (χ1v) is 4.24. The number of nitrogens with zero attached hydrogens (tertiary/aromatic N) is 1. The summed E-state index contributed by atoms with van der Waals surface area (Å²) in [6.45, 7) is 3.76. The molecule has 1 heterocycles. The topological polar surface area (TPSA) is 12.9 Å². The van der Waals surface area contributed by atoms with E-state index in [1.807, 2.05) is 36.3 Å². The second-order valence-corrected chi connectivity index (χ2v) is 3.05. The second kappa shape index (κ2) is 4.34. The highest BCUT2D eigenvalue weighted by molar-refractivity contribution is 7.99. The van der Waals surface area contributed by atoms with Crippen LogP contribution in [0, 0.1) is 6.92 Å². The third-order valence-corrected chi connectivity index (χ3v) is 2.16. The molecule has 0 aliphatic rings. The fraction of sp³-hybridized carbons (Fsp3) is 0.250. The summed E-state index contributed by atoms with van der Waals surface area (Å²) >= 11 is 1.82. The molecule has 0 saturated heterocycles. The lowest BCUT2D eigenvalue weighted by atomic mass is 10.5. The minimum Gasteiger partial charge on any atom is -0.265 e. The maximum absolute atomic E-state index is 3.92. The Morgan fingerprint density at radius 2 is 2.10 bits per heavy atom. The molecule has 53 valence electrons. The van der Waals surface area contributed by atoms with E-state index in [4.69, 9.17) is 0 Å². The van der Waals surface area contributed by atoms with Crippen LogP contribution in [0.5, 0.6) is 0 Å². The SMILES string of the molecule is [CH2]CCSc1ccncc1. The van der Waals surface area contributed by atoms with Gasteiger partial charge in [0.1, 0.15) is 0 Å². The molecule has 0 aliphatic heterocycles. The molecule has 1 nitrogen and oxygen atoms in total. The van der Waals surface area contributed by atoms with Crippen LogP contribution in [0.4, 0.5) is 0 Å². The maximum Gasteiger partial charge on any atom is 0.0278 e. The number of hydrogen-bond acceptors (Lipinski definition) is 2. The van der Waals surface area contributed by atoms with Crippen molar-refractivity contribution in [2.45, 2.75) is 11.3 Å². The fourth-order valence-electron chi connectivity index (χ4n) is 0.624. The first-order chi connectivity index (χ1) is 4.93. The molecular weight excluding hydrogens is 142 g/mol. The minimum absolute atomic E-state index is 0.979. The van der Waals surface area contributed by atoms with Gasteiger partial charge in [0.15, 0.2) is 0 Å². The molecule has 0 bridgehead atoms. The summed E-state index contributed by atoms with van der Waals surface area (Å²) in [6.07, 6.45) is 4.60. The van der Waals surface area contributed by atoms with Crippen LogP contribution in [0.25, 0.3) is 0 Å². The summed E-state index contributed by atoms with van der Waals surface area (Å²) in [5, 5.41) is 0. The van der Waals surface area contributed by atoms with Gasteiger partial charge in [0.2, 0.25) is 0 Å². The van der Waals surface area contributed by atoms with Crippen LogP contribution < -0.4 is 0 Å². The molecule has 0 amide bonds. The van der Waals surface area contributed by atoms with Crippen LogP contribution in [0.2, 0.25) is 0 Å². The van der Waals surface area contributed by atoms with Crippen molar-refractivity contribution >= 4 is 11.8 Å². The van der Waals surface area contributed by atoms with Crippen molar-refractivity contribution in [1.29, 1.82) is 0 Å². The van der Waals surface area contributed by atoms with E-state index in [1.165, 1.54) is 4.90 Å². The smallest absolute Gasteiger partial charge is 0.0278 e. The van der Waals surface area contributed by atoms with Crippen LogP contribution in [0.3, 0.4) is 0 Å². The lowest BCUT2D eigenvalue weighted by Gasteiger charge is -1.95. The van der Waals surface area contributed by atoms with Crippen LogP contribution in [0.1, 0.15) is 6.42 Å². The predicted octanol–water partition coefficient (Wildman–Crippen LogP) is 2.40. The molecule has 1 rings (SSSR count). The molecule has 0 aromatic carbocycles. The van der Waals surface area contributed by atoms with E-state index < -0.39 is 0 Å². The molecule has 0 N–H and O–H groups in total. The largest absolute Gasteiger partial charge is 0.265 e. The third-order valence-electron chi connectivity index (χ3n) is 1.06. The van der Waals surface area contributed by atoms with E-state index in [9.17, 15) is 0 Å². The Hall–Kier alpha value is -0.500. The summed E-state index contributed by atoms with van der Waals surface area (Å²) in [6, 6.07) is 4.03. The van der Waals surface area contributed by atoms with Crippen molar-refractivity contribution in [3.63, 3.8) is 0 Å². The molecule has 0 aliphatic carbocycles. The highest BCUT2D eigenvalue weighted by Gasteiger charge is 1.88. The van der Waals surface area contributed by atoms with Crippen LogP contribution in [-0.2, 0) is 0 Å².